The third kappa shape index (κ3) is 3.85. The van der Waals surface area contributed by atoms with Gasteiger partial charge < -0.3 is 10.4 Å². The molecule has 7 heteroatoms. The fourth-order valence-electron chi connectivity index (χ4n) is 2.04. The van der Waals surface area contributed by atoms with E-state index in [0.717, 1.165) is 0 Å². The van der Waals surface area contributed by atoms with E-state index in [1.54, 1.807) is 36.1 Å². The van der Waals surface area contributed by atoms with Gasteiger partial charge >= 0.3 is 5.97 Å². The molecule has 0 aliphatic heterocycles. The number of amides is 1. The summed E-state index contributed by atoms with van der Waals surface area (Å²) in [6.07, 6.45) is 2.01. The molecule has 6 nitrogen and oxygen atoms in total. The van der Waals surface area contributed by atoms with E-state index in [1.807, 2.05) is 6.07 Å². The lowest BCUT2D eigenvalue weighted by Gasteiger charge is -2.05. The fourth-order valence-corrected chi connectivity index (χ4v) is 2.27. The summed E-state index contributed by atoms with van der Waals surface area (Å²) in [5.74, 6) is -1.18. The number of rotatable bonds is 6. The maximum atomic E-state index is 12.3. The van der Waals surface area contributed by atoms with Crippen LogP contribution in [0.4, 0.5) is 0 Å². The monoisotopic (exact) mass is 321 g/mol. The number of carbonyl (C=O) groups is 2. The molecule has 1 aromatic heterocycles. The van der Waals surface area contributed by atoms with Crippen LogP contribution in [-0.2, 0) is 11.8 Å². The summed E-state index contributed by atoms with van der Waals surface area (Å²) in [6, 6.07) is 7.16. The Labute approximate surface area is 132 Å². The second kappa shape index (κ2) is 7.09. The highest BCUT2D eigenvalue weighted by molar-refractivity contribution is 6.33. The van der Waals surface area contributed by atoms with Gasteiger partial charge in [-0.15, -0.1) is 0 Å². The van der Waals surface area contributed by atoms with Crippen LogP contribution in [0.5, 0.6) is 0 Å². The Morgan fingerprint density at radius 3 is 2.77 bits per heavy atom. The van der Waals surface area contributed by atoms with E-state index in [4.69, 9.17) is 16.7 Å². The van der Waals surface area contributed by atoms with Crippen LogP contribution in [0, 0.1) is 0 Å². The van der Waals surface area contributed by atoms with E-state index in [9.17, 15) is 9.59 Å². The van der Waals surface area contributed by atoms with Crippen molar-refractivity contribution < 1.29 is 14.7 Å². The highest BCUT2D eigenvalue weighted by Crippen LogP contribution is 2.28. The number of halogens is 1. The van der Waals surface area contributed by atoms with Gasteiger partial charge in [0.1, 0.15) is 5.69 Å². The summed E-state index contributed by atoms with van der Waals surface area (Å²) < 4.78 is 1.55. The van der Waals surface area contributed by atoms with Gasteiger partial charge in [-0.25, -0.2) is 0 Å². The molecular formula is C15H16ClN3O3. The molecule has 1 aromatic carbocycles. The SMILES string of the molecule is Cn1cc(C(=O)NCCCC(=O)O)c(-c2ccccc2Cl)n1. The van der Waals surface area contributed by atoms with Crippen LogP contribution in [0.3, 0.4) is 0 Å². The van der Waals surface area contributed by atoms with Crippen molar-refractivity contribution in [2.24, 2.45) is 7.05 Å². The highest BCUT2D eigenvalue weighted by atomic mass is 35.5. The number of carboxylic acid groups (broad SMARTS) is 1. The van der Waals surface area contributed by atoms with Crippen LogP contribution in [0.15, 0.2) is 30.5 Å². The molecular weight excluding hydrogens is 306 g/mol. The summed E-state index contributed by atoms with van der Waals surface area (Å²) in [6.45, 7) is 0.294. The normalized spacial score (nSPS) is 10.5. The average Bonchev–Trinajstić information content (AvgIpc) is 2.85. The topological polar surface area (TPSA) is 84.2 Å². The predicted molar refractivity (Wildman–Crippen MR) is 82.9 cm³/mol. The molecule has 116 valence electrons. The maximum Gasteiger partial charge on any atom is 0.303 e. The van der Waals surface area contributed by atoms with Crippen molar-refractivity contribution in [1.29, 1.82) is 0 Å². The Balaban J connectivity index is 2.16. The molecule has 2 N–H and O–H groups in total. The Bertz CT molecular complexity index is 697. The molecule has 0 fully saturated rings. The van der Waals surface area contributed by atoms with Gasteiger partial charge in [-0.2, -0.15) is 5.10 Å². The molecule has 0 aliphatic rings. The number of aryl methyl sites for hydroxylation is 1. The summed E-state index contributed by atoms with van der Waals surface area (Å²) in [5.41, 5.74) is 1.59. The minimum absolute atomic E-state index is 0.0185. The first-order valence-corrected chi connectivity index (χ1v) is 7.15. The van der Waals surface area contributed by atoms with Gasteiger partial charge in [-0.05, 0) is 12.5 Å². The van der Waals surface area contributed by atoms with E-state index < -0.39 is 5.97 Å². The minimum atomic E-state index is -0.882. The van der Waals surface area contributed by atoms with Gasteiger partial charge in [0.2, 0.25) is 0 Å². The number of carbonyl (C=O) groups excluding carboxylic acids is 1. The van der Waals surface area contributed by atoms with Crippen molar-refractivity contribution in [2.45, 2.75) is 12.8 Å². The summed E-state index contributed by atoms with van der Waals surface area (Å²) >= 11 is 6.16. The van der Waals surface area contributed by atoms with E-state index in [0.29, 0.717) is 34.8 Å². The second-order valence-corrected chi connectivity index (χ2v) is 5.21. The Kier molecular flexibility index (Phi) is 5.16. The summed E-state index contributed by atoms with van der Waals surface area (Å²) in [4.78, 5) is 22.7. The van der Waals surface area contributed by atoms with Crippen molar-refractivity contribution in [3.8, 4) is 11.3 Å². The van der Waals surface area contributed by atoms with Crippen LogP contribution >= 0.6 is 11.6 Å². The van der Waals surface area contributed by atoms with Crippen molar-refractivity contribution in [2.75, 3.05) is 6.54 Å². The van der Waals surface area contributed by atoms with Gasteiger partial charge in [-0.1, -0.05) is 29.8 Å². The molecule has 1 amide bonds. The Hall–Kier alpha value is -2.34. The third-order valence-corrected chi connectivity index (χ3v) is 3.38. The number of aromatic nitrogens is 2. The zero-order valence-corrected chi connectivity index (χ0v) is 12.8. The van der Waals surface area contributed by atoms with Crippen LogP contribution in [0.25, 0.3) is 11.3 Å². The van der Waals surface area contributed by atoms with Gasteiger partial charge in [0, 0.05) is 31.8 Å². The van der Waals surface area contributed by atoms with E-state index in [1.165, 1.54) is 0 Å². The standard InChI is InChI=1S/C15H16ClN3O3/c1-19-9-11(15(22)17-8-4-7-13(20)21)14(18-19)10-5-2-3-6-12(10)16/h2-3,5-6,9H,4,7-8H2,1H3,(H,17,22)(H,20,21). The number of nitrogens with zero attached hydrogens (tertiary/aromatic N) is 2. The highest BCUT2D eigenvalue weighted by Gasteiger charge is 2.18. The first-order valence-electron chi connectivity index (χ1n) is 6.77. The lowest BCUT2D eigenvalue weighted by Crippen LogP contribution is -2.25. The molecule has 0 saturated heterocycles. The number of benzene rings is 1. The minimum Gasteiger partial charge on any atom is -0.481 e. The molecule has 0 bridgehead atoms. The van der Waals surface area contributed by atoms with Gasteiger partial charge in [0.05, 0.1) is 10.6 Å². The molecule has 0 atom stereocenters. The molecule has 2 aromatic rings. The first kappa shape index (κ1) is 16.0. The summed E-state index contributed by atoms with van der Waals surface area (Å²) in [7, 11) is 1.72. The zero-order chi connectivity index (χ0) is 16.1. The largest absolute Gasteiger partial charge is 0.481 e. The van der Waals surface area contributed by atoms with Gasteiger partial charge in [-0.3, -0.25) is 14.3 Å². The zero-order valence-electron chi connectivity index (χ0n) is 12.0. The van der Waals surface area contributed by atoms with Gasteiger partial charge in [0.15, 0.2) is 0 Å². The van der Waals surface area contributed by atoms with Crippen LogP contribution in [0.1, 0.15) is 23.2 Å². The molecule has 22 heavy (non-hydrogen) atoms. The van der Waals surface area contributed by atoms with Crippen LogP contribution in [0.2, 0.25) is 5.02 Å². The quantitative estimate of drug-likeness (QED) is 0.800. The number of nitrogens with one attached hydrogen (secondary N) is 1. The smallest absolute Gasteiger partial charge is 0.303 e. The third-order valence-electron chi connectivity index (χ3n) is 3.06. The lowest BCUT2D eigenvalue weighted by molar-refractivity contribution is -0.137. The van der Waals surface area contributed by atoms with Crippen molar-refractivity contribution in [3.63, 3.8) is 0 Å². The number of hydrogen-bond donors (Lipinski definition) is 2. The molecule has 0 radical (unpaired) electrons. The fraction of sp³-hybridized carbons (Fsp3) is 0.267. The second-order valence-electron chi connectivity index (χ2n) is 4.80. The molecule has 0 unspecified atom stereocenters. The predicted octanol–water partition coefficient (Wildman–Crippen LogP) is 2.34. The van der Waals surface area contributed by atoms with Crippen molar-refractivity contribution >= 4 is 23.5 Å². The Morgan fingerprint density at radius 2 is 2.09 bits per heavy atom. The average molecular weight is 322 g/mol. The number of aliphatic carboxylic acids is 1. The number of hydrogen-bond acceptors (Lipinski definition) is 3. The van der Waals surface area contributed by atoms with Crippen molar-refractivity contribution in [3.05, 3.63) is 41.0 Å². The summed E-state index contributed by atoms with van der Waals surface area (Å²) in [5, 5.41) is 16.1. The molecule has 0 spiro atoms. The molecule has 0 saturated carbocycles. The number of carboxylic acids is 1. The lowest BCUT2D eigenvalue weighted by atomic mass is 10.1. The van der Waals surface area contributed by atoms with Crippen LogP contribution in [-0.4, -0.2) is 33.3 Å². The van der Waals surface area contributed by atoms with Crippen LogP contribution < -0.4 is 5.32 Å². The van der Waals surface area contributed by atoms with E-state index in [-0.39, 0.29) is 12.3 Å². The van der Waals surface area contributed by atoms with E-state index >= 15 is 0 Å². The van der Waals surface area contributed by atoms with Gasteiger partial charge in [0.25, 0.3) is 5.91 Å². The molecule has 2 rings (SSSR count). The van der Waals surface area contributed by atoms with E-state index in [2.05, 4.69) is 10.4 Å². The van der Waals surface area contributed by atoms with Crippen molar-refractivity contribution in [1.82, 2.24) is 15.1 Å². The maximum absolute atomic E-state index is 12.3. The molecule has 1 heterocycles. The first-order chi connectivity index (χ1) is 10.5. The molecule has 0 aliphatic carbocycles. The Morgan fingerprint density at radius 1 is 1.36 bits per heavy atom.